The molecule has 4 nitrogen and oxygen atoms in total. The molecule has 2 aromatic rings. The minimum Gasteiger partial charge on any atom is -0.317 e. The van der Waals surface area contributed by atoms with Gasteiger partial charge in [0, 0.05) is 19.0 Å². The lowest BCUT2D eigenvalue weighted by molar-refractivity contribution is 0.356. The lowest BCUT2D eigenvalue weighted by Gasteiger charge is -2.22. The van der Waals surface area contributed by atoms with Crippen LogP contribution in [-0.4, -0.2) is 29.4 Å². The van der Waals surface area contributed by atoms with Crippen LogP contribution in [0.4, 0.5) is 0 Å². The molecule has 3 rings (SSSR count). The number of para-hydroxylation sites is 1. The maximum absolute atomic E-state index is 4.61. The van der Waals surface area contributed by atoms with E-state index < -0.39 is 0 Å². The quantitative estimate of drug-likeness (QED) is 0.876. The van der Waals surface area contributed by atoms with Crippen molar-refractivity contribution in [3.8, 4) is 0 Å². The first-order valence-corrected chi connectivity index (χ1v) is 7.16. The van der Waals surface area contributed by atoms with Gasteiger partial charge in [0.25, 0.3) is 0 Å². The maximum Gasteiger partial charge on any atom is 0.0841 e. The van der Waals surface area contributed by atoms with Crippen molar-refractivity contribution in [3.05, 3.63) is 30.0 Å². The van der Waals surface area contributed by atoms with Crippen molar-refractivity contribution in [1.82, 2.24) is 20.4 Å². The van der Waals surface area contributed by atoms with Crippen molar-refractivity contribution in [2.75, 3.05) is 19.6 Å². The molecule has 0 atom stereocenters. The number of aryl methyl sites for hydroxylation is 1. The Morgan fingerprint density at radius 2 is 2.11 bits per heavy atom. The fraction of sp³-hybridized carbons (Fsp3) is 0.533. The van der Waals surface area contributed by atoms with Gasteiger partial charge in [-0.15, -0.1) is 0 Å². The lowest BCUT2D eigenvalue weighted by Crippen LogP contribution is -2.33. The topological polar surface area (TPSA) is 41.9 Å². The van der Waals surface area contributed by atoms with Crippen LogP contribution >= 0.6 is 0 Å². The van der Waals surface area contributed by atoms with Crippen molar-refractivity contribution in [2.45, 2.75) is 19.4 Å². The van der Waals surface area contributed by atoms with E-state index in [-0.39, 0.29) is 0 Å². The van der Waals surface area contributed by atoms with Crippen LogP contribution in [0.3, 0.4) is 0 Å². The number of hydrogen-bond donors (Lipinski definition) is 2. The summed E-state index contributed by atoms with van der Waals surface area (Å²) < 4.78 is 1.97. The molecule has 19 heavy (non-hydrogen) atoms. The van der Waals surface area contributed by atoms with Crippen LogP contribution in [0, 0.1) is 5.92 Å². The van der Waals surface area contributed by atoms with E-state index >= 15 is 0 Å². The molecular weight excluding hydrogens is 236 g/mol. The molecule has 1 aromatic heterocycles. The molecule has 1 aliphatic rings. The summed E-state index contributed by atoms with van der Waals surface area (Å²) in [5, 5.41) is 12.9. The molecule has 0 radical (unpaired) electrons. The average molecular weight is 258 g/mol. The Kier molecular flexibility index (Phi) is 3.80. The van der Waals surface area contributed by atoms with Crippen LogP contribution in [0.25, 0.3) is 10.9 Å². The standard InChI is InChI=1S/C15H22N4/c1-19-15-5-3-2-4-13(15)14(18-19)11-17-10-12-6-8-16-9-7-12/h2-5,12,16-17H,6-11H2,1H3. The summed E-state index contributed by atoms with van der Waals surface area (Å²) in [5.74, 6) is 0.816. The van der Waals surface area contributed by atoms with Gasteiger partial charge in [0.1, 0.15) is 0 Å². The van der Waals surface area contributed by atoms with Crippen molar-refractivity contribution in [1.29, 1.82) is 0 Å². The van der Waals surface area contributed by atoms with Gasteiger partial charge in [-0.2, -0.15) is 5.10 Å². The largest absolute Gasteiger partial charge is 0.317 e. The van der Waals surface area contributed by atoms with Crippen molar-refractivity contribution >= 4 is 10.9 Å². The predicted octanol–water partition coefficient (Wildman–Crippen LogP) is 1.66. The first-order chi connectivity index (χ1) is 9.34. The number of fused-ring (bicyclic) bond motifs is 1. The van der Waals surface area contributed by atoms with Crippen LogP contribution in [0.1, 0.15) is 18.5 Å². The smallest absolute Gasteiger partial charge is 0.0841 e. The predicted molar refractivity (Wildman–Crippen MR) is 78.0 cm³/mol. The number of piperidine rings is 1. The number of nitrogens with one attached hydrogen (secondary N) is 2. The molecule has 0 aliphatic carbocycles. The normalized spacial score (nSPS) is 17.1. The highest BCUT2D eigenvalue weighted by atomic mass is 15.3. The Labute approximate surface area is 114 Å². The Morgan fingerprint density at radius 3 is 2.95 bits per heavy atom. The molecular formula is C15H22N4. The average Bonchev–Trinajstić information content (AvgIpc) is 2.78. The molecule has 1 saturated heterocycles. The van der Waals surface area contributed by atoms with Gasteiger partial charge in [-0.3, -0.25) is 4.68 Å². The first kappa shape index (κ1) is 12.6. The number of benzene rings is 1. The van der Waals surface area contributed by atoms with E-state index in [1.807, 2.05) is 11.7 Å². The summed E-state index contributed by atoms with van der Waals surface area (Å²) in [7, 11) is 2.01. The Balaban J connectivity index is 1.62. The van der Waals surface area contributed by atoms with Crippen LogP contribution in [-0.2, 0) is 13.6 Å². The summed E-state index contributed by atoms with van der Waals surface area (Å²) in [6.45, 7) is 4.30. The van der Waals surface area contributed by atoms with E-state index in [0.717, 1.165) is 24.7 Å². The minimum atomic E-state index is 0.816. The molecule has 4 heteroatoms. The van der Waals surface area contributed by atoms with Gasteiger partial charge in [-0.05, 0) is 44.5 Å². The third-order valence-corrected chi connectivity index (χ3v) is 4.02. The zero-order valence-corrected chi connectivity index (χ0v) is 11.5. The zero-order chi connectivity index (χ0) is 13.1. The molecule has 1 aromatic carbocycles. The fourth-order valence-corrected chi connectivity index (χ4v) is 2.90. The summed E-state index contributed by atoms with van der Waals surface area (Å²) in [6.07, 6.45) is 2.58. The monoisotopic (exact) mass is 258 g/mol. The van der Waals surface area contributed by atoms with Gasteiger partial charge in [0.2, 0.25) is 0 Å². The van der Waals surface area contributed by atoms with E-state index in [9.17, 15) is 0 Å². The van der Waals surface area contributed by atoms with Crippen LogP contribution in [0.2, 0.25) is 0 Å². The summed E-state index contributed by atoms with van der Waals surface area (Å²) in [5.41, 5.74) is 2.37. The third kappa shape index (κ3) is 2.80. The highest BCUT2D eigenvalue weighted by Crippen LogP contribution is 2.17. The third-order valence-electron chi connectivity index (χ3n) is 4.02. The molecule has 0 spiro atoms. The number of hydrogen-bond acceptors (Lipinski definition) is 3. The Hall–Kier alpha value is -1.39. The Bertz CT molecular complexity index is 540. The molecule has 0 unspecified atom stereocenters. The number of nitrogens with zero attached hydrogens (tertiary/aromatic N) is 2. The van der Waals surface area contributed by atoms with Gasteiger partial charge < -0.3 is 10.6 Å². The molecule has 2 N–H and O–H groups in total. The molecule has 1 fully saturated rings. The van der Waals surface area contributed by atoms with E-state index in [1.54, 1.807) is 0 Å². The molecule has 0 saturated carbocycles. The second kappa shape index (κ2) is 5.72. The Morgan fingerprint density at radius 1 is 1.32 bits per heavy atom. The fourth-order valence-electron chi connectivity index (χ4n) is 2.90. The maximum atomic E-state index is 4.61. The molecule has 2 heterocycles. The summed E-state index contributed by atoms with van der Waals surface area (Å²) >= 11 is 0. The summed E-state index contributed by atoms with van der Waals surface area (Å²) in [6, 6.07) is 8.43. The minimum absolute atomic E-state index is 0.816. The molecule has 102 valence electrons. The van der Waals surface area contributed by atoms with Gasteiger partial charge in [-0.25, -0.2) is 0 Å². The second-order valence-corrected chi connectivity index (χ2v) is 5.41. The van der Waals surface area contributed by atoms with Crippen molar-refractivity contribution in [2.24, 2.45) is 13.0 Å². The summed E-state index contributed by atoms with van der Waals surface area (Å²) in [4.78, 5) is 0. The van der Waals surface area contributed by atoms with Crippen molar-refractivity contribution < 1.29 is 0 Å². The van der Waals surface area contributed by atoms with E-state index in [4.69, 9.17) is 0 Å². The number of aromatic nitrogens is 2. The van der Waals surface area contributed by atoms with Gasteiger partial charge in [0.15, 0.2) is 0 Å². The van der Waals surface area contributed by atoms with E-state index in [0.29, 0.717) is 0 Å². The molecule has 0 amide bonds. The van der Waals surface area contributed by atoms with Crippen LogP contribution in [0.5, 0.6) is 0 Å². The van der Waals surface area contributed by atoms with Gasteiger partial charge >= 0.3 is 0 Å². The molecule has 0 bridgehead atoms. The van der Waals surface area contributed by atoms with Gasteiger partial charge in [0.05, 0.1) is 11.2 Å². The van der Waals surface area contributed by atoms with E-state index in [2.05, 4.69) is 40.0 Å². The molecule has 1 aliphatic heterocycles. The van der Waals surface area contributed by atoms with Gasteiger partial charge in [-0.1, -0.05) is 18.2 Å². The second-order valence-electron chi connectivity index (χ2n) is 5.41. The van der Waals surface area contributed by atoms with Crippen LogP contribution in [0.15, 0.2) is 24.3 Å². The van der Waals surface area contributed by atoms with Crippen LogP contribution < -0.4 is 10.6 Å². The highest BCUT2D eigenvalue weighted by molar-refractivity contribution is 5.81. The SMILES string of the molecule is Cn1nc(CNCC2CCNCC2)c2ccccc21. The van der Waals surface area contributed by atoms with Crippen molar-refractivity contribution in [3.63, 3.8) is 0 Å². The zero-order valence-electron chi connectivity index (χ0n) is 11.5. The van der Waals surface area contributed by atoms with E-state index in [1.165, 1.54) is 36.8 Å². The lowest BCUT2D eigenvalue weighted by atomic mass is 9.98. The number of rotatable bonds is 4. The highest BCUT2D eigenvalue weighted by Gasteiger charge is 2.13. The first-order valence-electron chi connectivity index (χ1n) is 7.16.